The van der Waals surface area contributed by atoms with E-state index in [1.54, 1.807) is 13.0 Å². The number of nitrogens with zero attached hydrogens (tertiary/aromatic N) is 4. The summed E-state index contributed by atoms with van der Waals surface area (Å²) in [6.07, 6.45) is 1.21. The third-order valence-electron chi connectivity index (χ3n) is 4.33. The van der Waals surface area contributed by atoms with Crippen molar-refractivity contribution in [2.45, 2.75) is 6.92 Å². The van der Waals surface area contributed by atoms with Crippen LogP contribution in [0.2, 0.25) is 0 Å². The van der Waals surface area contributed by atoms with Crippen LogP contribution in [0.1, 0.15) is 15.9 Å². The summed E-state index contributed by atoms with van der Waals surface area (Å²) in [6.45, 7) is 2.98. The van der Waals surface area contributed by atoms with E-state index in [-0.39, 0.29) is 18.8 Å². The first-order chi connectivity index (χ1) is 12.4. The second-order valence-corrected chi connectivity index (χ2v) is 5.96. The van der Waals surface area contributed by atoms with Gasteiger partial charge in [0.25, 0.3) is 11.6 Å². The van der Waals surface area contributed by atoms with E-state index < -0.39 is 28.0 Å². The highest BCUT2D eigenvalue weighted by molar-refractivity contribution is 5.95. The van der Waals surface area contributed by atoms with Gasteiger partial charge in [-0.15, -0.1) is 0 Å². The third kappa shape index (κ3) is 3.32. The largest absolute Gasteiger partial charge is 0.353 e. The van der Waals surface area contributed by atoms with Crippen molar-refractivity contribution < 1.29 is 18.5 Å². The summed E-state index contributed by atoms with van der Waals surface area (Å²) >= 11 is 0. The zero-order valence-corrected chi connectivity index (χ0v) is 14.0. The molecular weight excluding hydrogens is 346 g/mol. The van der Waals surface area contributed by atoms with E-state index in [1.807, 2.05) is 4.90 Å². The molecule has 0 atom stereocenters. The summed E-state index contributed by atoms with van der Waals surface area (Å²) in [5.74, 6) is -1.89. The van der Waals surface area contributed by atoms with Crippen LogP contribution in [0.4, 0.5) is 20.3 Å². The van der Waals surface area contributed by atoms with Gasteiger partial charge in [-0.05, 0) is 25.1 Å². The molecule has 0 N–H and O–H groups in total. The molecular formula is C17H16F2N4O3. The zero-order valence-electron chi connectivity index (χ0n) is 14.0. The number of benzene rings is 1. The number of aryl methyl sites for hydroxylation is 1. The molecule has 1 aliphatic heterocycles. The number of anilines is 1. The fourth-order valence-corrected chi connectivity index (χ4v) is 2.90. The number of amides is 1. The third-order valence-corrected chi connectivity index (χ3v) is 4.33. The van der Waals surface area contributed by atoms with Gasteiger partial charge in [0.15, 0.2) is 0 Å². The van der Waals surface area contributed by atoms with Crippen molar-refractivity contribution in [3.05, 3.63) is 63.3 Å². The molecule has 2 heterocycles. The minimum absolute atomic E-state index is 0.0578. The Morgan fingerprint density at radius 1 is 1.19 bits per heavy atom. The molecule has 9 heteroatoms. The van der Waals surface area contributed by atoms with Crippen molar-refractivity contribution in [1.82, 2.24) is 9.88 Å². The molecule has 0 saturated carbocycles. The fourth-order valence-electron chi connectivity index (χ4n) is 2.90. The number of piperazine rings is 1. The number of carbonyl (C=O) groups excluding carboxylic acids is 1. The van der Waals surface area contributed by atoms with Crippen molar-refractivity contribution in [2.24, 2.45) is 0 Å². The lowest BCUT2D eigenvalue weighted by Crippen LogP contribution is -2.49. The van der Waals surface area contributed by atoms with Gasteiger partial charge in [-0.25, -0.2) is 13.8 Å². The molecule has 0 aliphatic carbocycles. The molecule has 0 spiro atoms. The van der Waals surface area contributed by atoms with Gasteiger partial charge in [-0.3, -0.25) is 14.9 Å². The average Bonchev–Trinajstić information content (AvgIpc) is 2.61. The molecule has 1 saturated heterocycles. The van der Waals surface area contributed by atoms with Crippen LogP contribution in [-0.2, 0) is 0 Å². The summed E-state index contributed by atoms with van der Waals surface area (Å²) < 4.78 is 27.6. The molecule has 1 fully saturated rings. The number of halogens is 2. The highest BCUT2D eigenvalue weighted by Gasteiger charge is 2.27. The van der Waals surface area contributed by atoms with Crippen molar-refractivity contribution in [3.63, 3.8) is 0 Å². The van der Waals surface area contributed by atoms with Crippen LogP contribution in [0.3, 0.4) is 0 Å². The Hall–Kier alpha value is -3.10. The second-order valence-electron chi connectivity index (χ2n) is 5.96. The maximum Gasteiger partial charge on any atom is 0.290 e. The molecule has 1 aromatic carbocycles. The van der Waals surface area contributed by atoms with Crippen molar-refractivity contribution >= 4 is 17.4 Å². The van der Waals surface area contributed by atoms with Gasteiger partial charge in [-0.1, -0.05) is 6.07 Å². The van der Waals surface area contributed by atoms with Crippen LogP contribution >= 0.6 is 0 Å². The highest BCUT2D eigenvalue weighted by Crippen LogP contribution is 2.23. The van der Waals surface area contributed by atoms with Gasteiger partial charge >= 0.3 is 0 Å². The molecule has 0 radical (unpaired) electrons. The van der Waals surface area contributed by atoms with Crippen molar-refractivity contribution in [1.29, 1.82) is 0 Å². The Bertz CT molecular complexity index is 847. The molecule has 3 rings (SSSR count). The first-order valence-corrected chi connectivity index (χ1v) is 7.97. The van der Waals surface area contributed by atoms with E-state index in [1.165, 1.54) is 17.2 Å². The van der Waals surface area contributed by atoms with Crippen LogP contribution < -0.4 is 4.90 Å². The quantitative estimate of drug-likeness (QED) is 0.619. The first kappa shape index (κ1) is 17.7. The van der Waals surface area contributed by atoms with E-state index >= 15 is 0 Å². The number of hydrogen-bond acceptors (Lipinski definition) is 5. The minimum atomic E-state index is -0.884. The van der Waals surface area contributed by atoms with Gasteiger partial charge in [0.2, 0.25) is 0 Å². The second kappa shape index (κ2) is 7.03. The topological polar surface area (TPSA) is 79.6 Å². The molecule has 7 nitrogen and oxygen atoms in total. The molecule has 26 heavy (non-hydrogen) atoms. The van der Waals surface area contributed by atoms with Crippen LogP contribution in [0.15, 0.2) is 30.5 Å². The lowest BCUT2D eigenvalue weighted by Gasteiger charge is -2.35. The number of rotatable bonds is 3. The van der Waals surface area contributed by atoms with Gasteiger partial charge in [0.05, 0.1) is 4.92 Å². The van der Waals surface area contributed by atoms with Gasteiger partial charge in [-0.2, -0.15) is 0 Å². The summed E-state index contributed by atoms with van der Waals surface area (Å²) in [6, 6.07) is 4.93. The smallest absolute Gasteiger partial charge is 0.290 e. The molecule has 1 aromatic heterocycles. The van der Waals surface area contributed by atoms with E-state index in [0.29, 0.717) is 24.5 Å². The maximum absolute atomic E-state index is 13.8. The van der Waals surface area contributed by atoms with Crippen LogP contribution in [0.5, 0.6) is 0 Å². The van der Waals surface area contributed by atoms with Crippen LogP contribution in [0.25, 0.3) is 0 Å². The Morgan fingerprint density at radius 2 is 1.81 bits per heavy atom. The normalized spacial score (nSPS) is 14.4. The van der Waals surface area contributed by atoms with E-state index in [4.69, 9.17) is 0 Å². The lowest BCUT2D eigenvalue weighted by atomic mass is 10.1. The Balaban J connectivity index is 1.70. The number of nitro groups is 1. The highest BCUT2D eigenvalue weighted by atomic mass is 19.1. The predicted molar refractivity (Wildman–Crippen MR) is 90.1 cm³/mol. The SMILES string of the molecule is Cc1cc(N2CCN(C(=O)c3c(F)cccc3F)CC2)ncc1[N+](=O)[O-]. The van der Waals surface area contributed by atoms with E-state index in [2.05, 4.69) is 4.98 Å². The molecule has 2 aromatic rings. The molecule has 1 aliphatic rings. The van der Waals surface area contributed by atoms with Crippen molar-refractivity contribution in [3.8, 4) is 0 Å². The number of pyridine rings is 1. The summed E-state index contributed by atoms with van der Waals surface area (Å²) in [4.78, 5) is 30.1. The van der Waals surface area contributed by atoms with Gasteiger partial charge < -0.3 is 9.80 Å². The van der Waals surface area contributed by atoms with E-state index in [9.17, 15) is 23.7 Å². The summed E-state index contributed by atoms with van der Waals surface area (Å²) in [5.41, 5.74) is -0.116. The van der Waals surface area contributed by atoms with Crippen LogP contribution in [0, 0.1) is 28.7 Å². The fraction of sp³-hybridized carbons (Fsp3) is 0.294. The minimum Gasteiger partial charge on any atom is -0.353 e. The average molecular weight is 362 g/mol. The van der Waals surface area contributed by atoms with Crippen molar-refractivity contribution in [2.75, 3.05) is 31.1 Å². The lowest BCUT2D eigenvalue weighted by molar-refractivity contribution is -0.385. The summed E-state index contributed by atoms with van der Waals surface area (Å²) in [7, 11) is 0. The summed E-state index contributed by atoms with van der Waals surface area (Å²) in [5, 5.41) is 10.9. The van der Waals surface area contributed by atoms with Gasteiger partial charge in [0.1, 0.15) is 29.2 Å². The van der Waals surface area contributed by atoms with Crippen LogP contribution in [-0.4, -0.2) is 46.9 Å². The molecule has 1 amide bonds. The first-order valence-electron chi connectivity index (χ1n) is 7.97. The van der Waals surface area contributed by atoms with Gasteiger partial charge in [0, 0.05) is 31.7 Å². The predicted octanol–water partition coefficient (Wildman–Crippen LogP) is 2.54. The Morgan fingerprint density at radius 3 is 2.35 bits per heavy atom. The number of carbonyl (C=O) groups is 1. The van der Waals surface area contributed by atoms with E-state index in [0.717, 1.165) is 12.1 Å². The number of aromatic nitrogens is 1. The molecule has 136 valence electrons. The zero-order chi connectivity index (χ0) is 18.8. The molecule has 0 bridgehead atoms. The molecule has 0 unspecified atom stereocenters. The maximum atomic E-state index is 13.8. The Labute approximate surface area is 148 Å². The standard InChI is InChI=1S/C17H16F2N4O3/c1-11-9-15(20-10-14(11)23(25)26)21-5-7-22(8-6-21)17(24)16-12(18)3-2-4-13(16)19/h2-4,9-10H,5-8H2,1H3. The Kier molecular flexibility index (Phi) is 4.79. The monoisotopic (exact) mass is 362 g/mol. The number of hydrogen-bond donors (Lipinski definition) is 0.